The van der Waals surface area contributed by atoms with Crippen molar-refractivity contribution in [1.29, 1.82) is 0 Å². The van der Waals surface area contributed by atoms with Crippen molar-refractivity contribution < 1.29 is 48.1 Å². The summed E-state index contributed by atoms with van der Waals surface area (Å²) in [6.07, 6.45) is -5.24. The van der Waals surface area contributed by atoms with Gasteiger partial charge in [0.2, 0.25) is 0 Å². The average molecular weight is 322 g/mol. The van der Waals surface area contributed by atoms with E-state index < -0.39 is 33.6 Å². The third-order valence-corrected chi connectivity index (χ3v) is 2.29. The van der Waals surface area contributed by atoms with E-state index in [0.717, 1.165) is 0 Å². The predicted molar refractivity (Wildman–Crippen MR) is 39.5 cm³/mol. The minimum absolute atomic E-state index is 0. The summed E-state index contributed by atoms with van der Waals surface area (Å²) in [5.74, 6) is -13.6. The molecule has 0 rings (SSSR count). The zero-order chi connectivity index (χ0) is 13.6. The van der Waals surface area contributed by atoms with Gasteiger partial charge in [-0.2, -0.15) is 34.8 Å². The summed E-state index contributed by atoms with van der Waals surface area (Å²) in [5, 5.41) is -6.74. The normalized spacial score (nSPS) is 14.7. The molecule has 0 aliphatic rings. The summed E-state index contributed by atoms with van der Waals surface area (Å²) in [7, 11) is -6.97. The van der Waals surface area contributed by atoms with Gasteiger partial charge in [0.15, 0.2) is 0 Å². The van der Waals surface area contributed by atoms with Gasteiger partial charge in [0.25, 0.3) is 0 Å². The van der Waals surface area contributed by atoms with Crippen LogP contribution < -0.4 is 0 Å². The Morgan fingerprint density at radius 2 is 1.24 bits per heavy atom. The summed E-state index contributed by atoms with van der Waals surface area (Å²) in [4.78, 5) is 0. The molecule has 100 valence electrons. The summed E-state index contributed by atoms with van der Waals surface area (Å²) < 4.78 is 123. The Morgan fingerprint density at radius 3 is 1.41 bits per heavy atom. The number of hydrogen-bond acceptors (Lipinski definition) is 2. The molecule has 1 N–H and O–H groups in total. The summed E-state index contributed by atoms with van der Waals surface area (Å²) in [6, 6.07) is 0. The Hall–Kier alpha value is 0.986. The quantitative estimate of drug-likeness (QED) is 0.483. The van der Waals surface area contributed by atoms with Crippen molar-refractivity contribution in [3.8, 4) is 0 Å². The summed E-state index contributed by atoms with van der Waals surface area (Å²) >= 11 is 0. The Morgan fingerprint density at radius 1 is 0.941 bits per heavy atom. The van der Waals surface area contributed by atoms with Crippen LogP contribution in [0.3, 0.4) is 0 Å². The second kappa shape index (κ2) is 5.54. The molecule has 0 saturated carbocycles. The van der Waals surface area contributed by atoms with Crippen LogP contribution in [-0.4, -0.2) is 87.9 Å². The van der Waals surface area contributed by atoms with Crippen LogP contribution in [-0.2, 0) is 10.1 Å². The van der Waals surface area contributed by atoms with E-state index in [9.17, 15) is 43.5 Å². The molecule has 0 aromatic carbocycles. The molecule has 0 aliphatic carbocycles. The Bertz CT molecular complexity index is 365. The van der Waals surface area contributed by atoms with Crippen molar-refractivity contribution in [1.82, 2.24) is 0 Å². The number of alkyl halides is 8. The molecule has 0 bridgehead atoms. The van der Waals surface area contributed by atoms with Crippen molar-refractivity contribution >= 4 is 61.5 Å². The fourth-order valence-electron chi connectivity index (χ4n) is 0.493. The Labute approximate surface area is 132 Å². The second-order valence-corrected chi connectivity index (χ2v) is 3.95. The molecule has 0 radical (unpaired) electrons. The summed E-state index contributed by atoms with van der Waals surface area (Å²) in [6.45, 7) is 0. The van der Waals surface area contributed by atoms with Crippen molar-refractivity contribution in [2.45, 2.75) is 23.5 Å². The van der Waals surface area contributed by atoms with E-state index in [-0.39, 0.29) is 51.4 Å². The van der Waals surface area contributed by atoms with Gasteiger partial charge in [-0.1, -0.05) is 0 Å². The van der Waals surface area contributed by atoms with Crippen LogP contribution in [0.25, 0.3) is 0 Å². The molecule has 0 aromatic rings. The SMILES string of the molecule is O=S(=O)(O)C(F)(F)C(F)(F)C(F)(F)C(F)F.[KH]. The van der Waals surface area contributed by atoms with Gasteiger partial charge in [-0.3, -0.25) is 4.55 Å². The Balaban J connectivity index is 0. The van der Waals surface area contributed by atoms with Gasteiger partial charge in [0, 0.05) is 0 Å². The molecule has 0 unspecified atom stereocenters. The van der Waals surface area contributed by atoms with Gasteiger partial charge < -0.3 is 0 Å². The monoisotopic (exact) mass is 322 g/mol. The first-order chi connectivity index (χ1) is 6.69. The molecule has 0 fully saturated rings. The third-order valence-electron chi connectivity index (χ3n) is 1.38. The molecule has 0 spiro atoms. The van der Waals surface area contributed by atoms with Crippen LogP contribution in [0.1, 0.15) is 0 Å². The van der Waals surface area contributed by atoms with E-state index in [1.165, 1.54) is 0 Å². The third kappa shape index (κ3) is 3.30. The van der Waals surface area contributed by atoms with E-state index in [1.807, 2.05) is 0 Å². The zero-order valence-electron chi connectivity index (χ0n) is 6.77. The van der Waals surface area contributed by atoms with Gasteiger partial charge in [-0.15, -0.1) is 0 Å². The van der Waals surface area contributed by atoms with E-state index >= 15 is 0 Å². The molecule has 13 heteroatoms. The molecular formula is C4H3F8KO3S. The maximum absolute atomic E-state index is 12.2. The summed E-state index contributed by atoms with van der Waals surface area (Å²) in [5.41, 5.74) is 0. The van der Waals surface area contributed by atoms with Gasteiger partial charge >= 0.3 is 85.0 Å². The van der Waals surface area contributed by atoms with Gasteiger partial charge in [0.1, 0.15) is 0 Å². The van der Waals surface area contributed by atoms with Crippen molar-refractivity contribution in [2.24, 2.45) is 0 Å². The standard InChI is InChI=1S/C4H2F8O3S.K.H/c5-1(6)2(7,8)3(9,10)4(11,12)16(13,14)15;;/h1H,(H,13,14,15);;. The van der Waals surface area contributed by atoms with Crippen LogP contribution in [0, 0.1) is 0 Å². The Kier molecular flexibility index (Phi) is 6.62. The van der Waals surface area contributed by atoms with E-state index in [4.69, 9.17) is 4.55 Å². The first-order valence-corrected chi connectivity index (χ1v) is 4.52. The minimum atomic E-state index is -6.97. The van der Waals surface area contributed by atoms with Crippen molar-refractivity contribution in [3.05, 3.63) is 0 Å². The van der Waals surface area contributed by atoms with E-state index in [2.05, 4.69) is 0 Å². The van der Waals surface area contributed by atoms with Crippen LogP contribution in [0.15, 0.2) is 0 Å². The maximum atomic E-state index is 12.2. The number of hydrogen-bond donors (Lipinski definition) is 1. The molecule has 17 heavy (non-hydrogen) atoms. The van der Waals surface area contributed by atoms with E-state index in [1.54, 1.807) is 0 Å². The second-order valence-electron chi connectivity index (χ2n) is 2.49. The molecule has 0 aromatic heterocycles. The van der Waals surface area contributed by atoms with Crippen LogP contribution in [0.4, 0.5) is 35.1 Å². The number of rotatable bonds is 4. The first kappa shape index (κ1) is 20.3. The molecular weight excluding hydrogens is 319 g/mol. The van der Waals surface area contributed by atoms with Gasteiger partial charge in [0.05, 0.1) is 0 Å². The van der Waals surface area contributed by atoms with Gasteiger partial charge in [-0.05, 0) is 0 Å². The van der Waals surface area contributed by atoms with Crippen LogP contribution >= 0.6 is 0 Å². The predicted octanol–water partition coefficient (Wildman–Crippen LogP) is 1.35. The topological polar surface area (TPSA) is 54.4 Å². The number of halogens is 8. The zero-order valence-corrected chi connectivity index (χ0v) is 7.59. The molecule has 0 heterocycles. The van der Waals surface area contributed by atoms with Crippen molar-refractivity contribution in [2.75, 3.05) is 0 Å². The molecule has 0 amide bonds. The molecule has 0 aliphatic heterocycles. The fraction of sp³-hybridized carbons (Fsp3) is 1.00. The molecule has 3 nitrogen and oxygen atoms in total. The molecule has 0 atom stereocenters. The fourth-order valence-corrected chi connectivity index (χ4v) is 0.953. The van der Waals surface area contributed by atoms with Crippen molar-refractivity contribution in [3.63, 3.8) is 0 Å². The van der Waals surface area contributed by atoms with Gasteiger partial charge in [-0.25, -0.2) is 8.78 Å². The van der Waals surface area contributed by atoms with Crippen LogP contribution in [0.2, 0.25) is 0 Å². The average Bonchev–Trinajstić information content (AvgIpc) is 2.00. The molecule has 0 saturated heterocycles. The van der Waals surface area contributed by atoms with Crippen LogP contribution in [0.5, 0.6) is 0 Å². The first-order valence-electron chi connectivity index (χ1n) is 3.08. The van der Waals surface area contributed by atoms with E-state index in [0.29, 0.717) is 0 Å².